The van der Waals surface area contributed by atoms with Crippen LogP contribution < -0.4 is 10.1 Å². The molecule has 0 radical (unpaired) electrons. The van der Waals surface area contributed by atoms with Crippen LogP contribution in [-0.2, 0) is 16.0 Å². The Morgan fingerprint density at radius 2 is 1.68 bits per heavy atom. The number of para-hydroxylation sites is 1. The number of anilines is 1. The van der Waals surface area contributed by atoms with Crippen LogP contribution in [0.5, 0.6) is 5.75 Å². The van der Waals surface area contributed by atoms with E-state index in [1.54, 1.807) is 36.4 Å². The molecule has 2 atom stereocenters. The smallest absolute Gasteiger partial charge is 0.336 e. The highest BCUT2D eigenvalue weighted by atomic mass is 79.9. The second-order valence-corrected chi connectivity index (χ2v) is 11.7. The number of aliphatic imine (C=N–C) groups is 1. The number of aromatic nitrogens is 1. The number of nitrogens with one attached hydrogen (secondary N) is 1. The number of pyridine rings is 1. The van der Waals surface area contributed by atoms with Crippen molar-refractivity contribution in [3.8, 4) is 5.75 Å². The van der Waals surface area contributed by atoms with Gasteiger partial charge >= 0.3 is 5.97 Å². The van der Waals surface area contributed by atoms with E-state index < -0.39 is 28.2 Å². The molecule has 7 nitrogen and oxygen atoms in total. The number of hydrogen-bond donors (Lipinski definition) is 1. The van der Waals surface area contributed by atoms with E-state index in [2.05, 4.69) is 26.2 Å². The van der Waals surface area contributed by atoms with Gasteiger partial charge in [0.05, 0.1) is 21.0 Å². The highest BCUT2D eigenvalue weighted by Crippen LogP contribution is 2.49. The standard InChI is InChI=1S/C30H26BrCl2N3O4/c31-25-26(30(27(25)37)13-5-2-6-14-30)36-23(29(39)40-20-7-3-1-4-8-20)15-18-9-11-19(12-10-18)35-28(38)24-21(32)16-34-17-22(24)33/h1,3-4,7-12,16-17,23,25H,2,5-6,13-15H2,(H,35,38)/t23-,25?/m0/s1. The van der Waals surface area contributed by atoms with Gasteiger partial charge < -0.3 is 10.1 Å². The molecular weight excluding hydrogens is 617 g/mol. The minimum atomic E-state index is -0.850. The lowest BCUT2D eigenvalue weighted by atomic mass is 9.58. The van der Waals surface area contributed by atoms with Crippen molar-refractivity contribution in [2.24, 2.45) is 10.4 Å². The number of halogens is 3. The van der Waals surface area contributed by atoms with E-state index in [0.29, 0.717) is 11.4 Å². The van der Waals surface area contributed by atoms with Crippen LogP contribution in [0.3, 0.4) is 0 Å². The molecule has 1 aromatic heterocycles. The number of esters is 1. The lowest BCUT2D eigenvalue weighted by Gasteiger charge is -2.47. The number of rotatable bonds is 7. The highest BCUT2D eigenvalue weighted by molar-refractivity contribution is 9.10. The minimum absolute atomic E-state index is 0.137. The largest absolute Gasteiger partial charge is 0.425 e. The molecule has 206 valence electrons. The first-order valence-electron chi connectivity index (χ1n) is 13.0. The molecule has 0 aliphatic heterocycles. The van der Waals surface area contributed by atoms with E-state index >= 15 is 0 Å². The van der Waals surface area contributed by atoms with Crippen LogP contribution in [0.4, 0.5) is 5.69 Å². The maximum Gasteiger partial charge on any atom is 0.336 e. The van der Waals surface area contributed by atoms with Crippen molar-refractivity contribution in [1.29, 1.82) is 0 Å². The molecule has 0 saturated heterocycles. The Morgan fingerprint density at radius 1 is 1.02 bits per heavy atom. The quantitative estimate of drug-likeness (QED) is 0.172. The van der Waals surface area contributed by atoms with Crippen LogP contribution in [0, 0.1) is 5.41 Å². The first-order valence-corrected chi connectivity index (χ1v) is 14.7. The second kappa shape index (κ2) is 12.2. The normalized spacial score (nSPS) is 19.6. The summed E-state index contributed by atoms with van der Waals surface area (Å²) in [7, 11) is 0. The van der Waals surface area contributed by atoms with Crippen molar-refractivity contribution in [3.05, 3.63) is 88.2 Å². The van der Waals surface area contributed by atoms with Crippen molar-refractivity contribution in [1.82, 2.24) is 4.98 Å². The number of carbonyl (C=O) groups is 3. The lowest BCUT2D eigenvalue weighted by molar-refractivity contribution is -0.136. The number of ketones is 1. The van der Waals surface area contributed by atoms with Gasteiger partial charge in [-0.15, -0.1) is 0 Å². The van der Waals surface area contributed by atoms with E-state index in [4.69, 9.17) is 32.9 Å². The number of carbonyl (C=O) groups excluding carboxylic acids is 3. The molecule has 2 aliphatic rings. The van der Waals surface area contributed by atoms with Gasteiger partial charge in [0.2, 0.25) is 0 Å². The summed E-state index contributed by atoms with van der Waals surface area (Å²) < 4.78 is 5.67. The van der Waals surface area contributed by atoms with Gasteiger partial charge in [-0.25, -0.2) is 4.79 Å². The first-order chi connectivity index (χ1) is 19.3. The zero-order valence-electron chi connectivity index (χ0n) is 21.4. The molecule has 1 spiro atoms. The summed E-state index contributed by atoms with van der Waals surface area (Å²) in [5, 5.41) is 3.08. The highest BCUT2D eigenvalue weighted by Gasteiger charge is 2.58. The van der Waals surface area contributed by atoms with E-state index in [9.17, 15) is 14.4 Å². The predicted octanol–water partition coefficient (Wildman–Crippen LogP) is 6.90. The van der Waals surface area contributed by atoms with Crippen molar-refractivity contribution >= 4 is 68.2 Å². The molecule has 40 heavy (non-hydrogen) atoms. The third-order valence-corrected chi connectivity index (χ3v) is 8.81. The maximum atomic E-state index is 13.4. The van der Waals surface area contributed by atoms with Crippen LogP contribution in [-0.4, -0.2) is 39.2 Å². The summed E-state index contributed by atoms with van der Waals surface area (Å²) in [5.74, 6) is -0.382. The van der Waals surface area contributed by atoms with Crippen molar-refractivity contribution in [2.45, 2.75) is 49.4 Å². The van der Waals surface area contributed by atoms with Gasteiger partial charge in [0, 0.05) is 30.2 Å². The molecule has 1 N–H and O–H groups in total. The summed E-state index contributed by atoms with van der Waals surface area (Å²) >= 11 is 15.7. The number of amides is 1. The minimum Gasteiger partial charge on any atom is -0.425 e. The van der Waals surface area contributed by atoms with Gasteiger partial charge in [-0.05, 0) is 42.7 Å². The van der Waals surface area contributed by atoms with Gasteiger partial charge in [-0.3, -0.25) is 19.6 Å². The zero-order valence-corrected chi connectivity index (χ0v) is 24.5. The molecule has 2 fully saturated rings. The molecule has 2 saturated carbocycles. The fraction of sp³-hybridized carbons (Fsp3) is 0.300. The Balaban J connectivity index is 1.37. The molecule has 2 aliphatic carbocycles. The summed E-state index contributed by atoms with van der Waals surface area (Å²) in [4.78, 5) is 47.3. The third-order valence-electron chi connectivity index (χ3n) is 7.39. The zero-order chi connectivity index (χ0) is 28.3. The Hall–Kier alpha value is -3.07. The number of Topliss-reactive ketones (excluding diaryl/α,β-unsaturated/α-hetero) is 1. The van der Waals surface area contributed by atoms with Crippen LogP contribution >= 0.6 is 39.1 Å². The number of ether oxygens (including phenoxy) is 1. The second-order valence-electron chi connectivity index (χ2n) is 9.97. The average Bonchev–Trinajstić information content (AvgIpc) is 2.96. The Bertz CT molecular complexity index is 1440. The van der Waals surface area contributed by atoms with E-state index in [1.165, 1.54) is 12.4 Å². The number of nitrogens with zero attached hydrogens (tertiary/aromatic N) is 2. The number of benzene rings is 2. The molecule has 10 heteroatoms. The van der Waals surface area contributed by atoms with Crippen molar-refractivity contribution in [2.75, 3.05) is 5.32 Å². The molecule has 2 aromatic carbocycles. The maximum absolute atomic E-state index is 13.4. The summed E-state index contributed by atoms with van der Waals surface area (Å²) in [6, 6.07) is 15.1. The van der Waals surface area contributed by atoms with Crippen LogP contribution in [0.2, 0.25) is 10.0 Å². The summed E-state index contributed by atoms with van der Waals surface area (Å²) in [6.07, 6.45) is 7.50. The monoisotopic (exact) mass is 641 g/mol. The van der Waals surface area contributed by atoms with Gasteiger partial charge in [-0.2, -0.15) is 0 Å². The first kappa shape index (κ1) is 28.5. The molecule has 1 unspecified atom stereocenters. The van der Waals surface area contributed by atoms with Crippen LogP contribution in [0.1, 0.15) is 48.0 Å². The molecule has 0 bridgehead atoms. The van der Waals surface area contributed by atoms with E-state index in [0.717, 1.165) is 43.4 Å². The van der Waals surface area contributed by atoms with Crippen molar-refractivity contribution in [3.63, 3.8) is 0 Å². The van der Waals surface area contributed by atoms with Crippen LogP contribution in [0.25, 0.3) is 0 Å². The average molecular weight is 643 g/mol. The van der Waals surface area contributed by atoms with Gasteiger partial charge in [0.25, 0.3) is 5.91 Å². The summed E-state index contributed by atoms with van der Waals surface area (Å²) in [5.41, 5.74) is 1.63. The Labute approximate surface area is 250 Å². The Morgan fingerprint density at radius 3 is 2.33 bits per heavy atom. The predicted molar refractivity (Wildman–Crippen MR) is 159 cm³/mol. The van der Waals surface area contributed by atoms with Gasteiger partial charge in [0.15, 0.2) is 11.8 Å². The lowest BCUT2D eigenvalue weighted by Crippen LogP contribution is -2.61. The fourth-order valence-corrected chi connectivity index (χ4v) is 6.83. The number of alkyl halides is 1. The fourth-order valence-electron chi connectivity index (χ4n) is 5.30. The van der Waals surface area contributed by atoms with E-state index in [-0.39, 0.29) is 27.8 Å². The van der Waals surface area contributed by atoms with Crippen molar-refractivity contribution < 1.29 is 19.1 Å². The molecule has 1 amide bonds. The summed E-state index contributed by atoms with van der Waals surface area (Å²) in [6.45, 7) is 0. The SMILES string of the molecule is O=C(Nc1ccc(C[C@H](N=C2C(Br)C(=O)C23CCCCC3)C(=O)Oc2ccccc2)cc1)c1c(Cl)cncc1Cl. The molecular formula is C30H26BrCl2N3O4. The molecule has 5 rings (SSSR count). The van der Waals surface area contributed by atoms with Crippen LogP contribution in [0.15, 0.2) is 72.0 Å². The molecule has 3 aromatic rings. The Kier molecular flexibility index (Phi) is 8.68. The van der Waals surface area contributed by atoms with Gasteiger partial charge in [-0.1, -0.05) is 88.7 Å². The van der Waals surface area contributed by atoms with Gasteiger partial charge in [0.1, 0.15) is 10.6 Å². The topological polar surface area (TPSA) is 97.7 Å². The third kappa shape index (κ3) is 5.85. The molecule has 1 heterocycles. The number of hydrogen-bond acceptors (Lipinski definition) is 6. The van der Waals surface area contributed by atoms with E-state index in [1.807, 2.05) is 18.2 Å².